The lowest BCUT2D eigenvalue weighted by Gasteiger charge is -2.17. The number of hydrogen-bond donors (Lipinski definition) is 1. The first-order chi connectivity index (χ1) is 11.9. The highest BCUT2D eigenvalue weighted by Gasteiger charge is 2.22. The number of ether oxygens (including phenoxy) is 2. The minimum Gasteiger partial charge on any atom is -0.494 e. The zero-order chi connectivity index (χ0) is 18.4. The summed E-state index contributed by atoms with van der Waals surface area (Å²) in [5.41, 5.74) is 2.68. The quantitative estimate of drug-likeness (QED) is 0.762. The molecule has 25 heavy (non-hydrogen) atoms. The van der Waals surface area contributed by atoms with Crippen molar-refractivity contribution < 1.29 is 19.4 Å². The highest BCUT2D eigenvalue weighted by atomic mass is 16.5. The van der Waals surface area contributed by atoms with Gasteiger partial charge < -0.3 is 14.6 Å². The largest absolute Gasteiger partial charge is 0.494 e. The van der Waals surface area contributed by atoms with E-state index in [1.165, 1.54) is 0 Å². The van der Waals surface area contributed by atoms with Gasteiger partial charge in [0.1, 0.15) is 11.5 Å². The Bertz CT molecular complexity index is 722. The van der Waals surface area contributed by atoms with E-state index in [0.717, 1.165) is 28.2 Å². The molecule has 0 bridgehead atoms. The van der Waals surface area contributed by atoms with E-state index in [1.807, 2.05) is 70.2 Å². The molecule has 4 heteroatoms. The first kappa shape index (κ1) is 18.8. The smallest absolute Gasteiger partial charge is 0.311 e. The van der Waals surface area contributed by atoms with E-state index in [4.69, 9.17) is 9.47 Å². The molecule has 0 saturated carbocycles. The van der Waals surface area contributed by atoms with Crippen molar-refractivity contribution in [1.82, 2.24) is 0 Å². The monoisotopic (exact) mass is 342 g/mol. The molecule has 2 aromatic carbocycles. The summed E-state index contributed by atoms with van der Waals surface area (Å²) in [6.45, 7) is 8.37. The number of carboxylic acid groups (broad SMARTS) is 1. The molecule has 0 radical (unpaired) electrons. The lowest BCUT2D eigenvalue weighted by molar-refractivity contribution is -0.138. The van der Waals surface area contributed by atoms with Gasteiger partial charge in [0.2, 0.25) is 0 Å². The second-order valence-corrected chi connectivity index (χ2v) is 6.36. The standard InChI is InChI=1S/C21H26O4/c1-5-24-17-9-10-19(15(4)11-17)20(21(22)23)13-16-7-6-8-18(12-16)25-14(2)3/h6-12,14,20H,5,13H2,1-4H3,(H,22,23). The lowest BCUT2D eigenvalue weighted by Crippen LogP contribution is -2.16. The Labute approximate surface area is 149 Å². The first-order valence-electron chi connectivity index (χ1n) is 8.62. The topological polar surface area (TPSA) is 55.8 Å². The number of aliphatic carboxylic acids is 1. The average molecular weight is 342 g/mol. The molecule has 0 aromatic heterocycles. The molecule has 1 unspecified atom stereocenters. The number of carboxylic acids is 1. The molecule has 1 N–H and O–H groups in total. The molecule has 2 rings (SSSR count). The minimum atomic E-state index is -0.831. The van der Waals surface area contributed by atoms with Crippen LogP contribution in [0.25, 0.3) is 0 Å². The molecule has 4 nitrogen and oxygen atoms in total. The Hall–Kier alpha value is -2.49. The highest BCUT2D eigenvalue weighted by Crippen LogP contribution is 2.28. The maximum atomic E-state index is 11.9. The van der Waals surface area contributed by atoms with Gasteiger partial charge in [0.05, 0.1) is 18.6 Å². The summed E-state index contributed by atoms with van der Waals surface area (Å²) in [5, 5.41) is 9.74. The van der Waals surface area contributed by atoms with E-state index in [-0.39, 0.29) is 6.10 Å². The predicted octanol–water partition coefficient (Wildman–Crippen LogP) is 4.59. The van der Waals surface area contributed by atoms with Crippen LogP contribution in [0.5, 0.6) is 11.5 Å². The molecule has 0 aliphatic rings. The fourth-order valence-electron chi connectivity index (χ4n) is 2.88. The molecule has 0 aliphatic heterocycles. The lowest BCUT2D eigenvalue weighted by atomic mass is 9.89. The van der Waals surface area contributed by atoms with E-state index in [0.29, 0.717) is 13.0 Å². The van der Waals surface area contributed by atoms with Gasteiger partial charge in [0.25, 0.3) is 0 Å². The van der Waals surface area contributed by atoms with Crippen molar-refractivity contribution in [2.75, 3.05) is 6.61 Å². The van der Waals surface area contributed by atoms with Crippen LogP contribution in [0.4, 0.5) is 0 Å². The Morgan fingerprint density at radius 1 is 1.12 bits per heavy atom. The molecule has 0 fully saturated rings. The average Bonchev–Trinajstić information content (AvgIpc) is 2.53. The van der Waals surface area contributed by atoms with Gasteiger partial charge in [-0.1, -0.05) is 18.2 Å². The van der Waals surface area contributed by atoms with Crippen LogP contribution in [0.2, 0.25) is 0 Å². The summed E-state index contributed by atoms with van der Waals surface area (Å²) in [4.78, 5) is 11.9. The second kappa shape index (κ2) is 8.56. The molecule has 0 saturated heterocycles. The molecule has 1 atom stereocenters. The zero-order valence-corrected chi connectivity index (χ0v) is 15.3. The van der Waals surface area contributed by atoms with E-state index in [1.54, 1.807) is 0 Å². The molecule has 134 valence electrons. The van der Waals surface area contributed by atoms with Crippen molar-refractivity contribution in [3.8, 4) is 11.5 Å². The fraction of sp³-hybridized carbons (Fsp3) is 0.381. The Morgan fingerprint density at radius 3 is 2.48 bits per heavy atom. The maximum Gasteiger partial charge on any atom is 0.311 e. The highest BCUT2D eigenvalue weighted by molar-refractivity contribution is 5.77. The van der Waals surface area contributed by atoms with Gasteiger partial charge in [0, 0.05) is 0 Å². The van der Waals surface area contributed by atoms with Crippen LogP contribution in [0.3, 0.4) is 0 Å². The van der Waals surface area contributed by atoms with Gasteiger partial charge in [-0.05, 0) is 75.1 Å². The van der Waals surface area contributed by atoms with Gasteiger partial charge in [0.15, 0.2) is 0 Å². The summed E-state index contributed by atoms with van der Waals surface area (Å²) in [7, 11) is 0. The SMILES string of the molecule is CCOc1ccc(C(Cc2cccc(OC(C)C)c2)C(=O)O)c(C)c1. The molecule has 0 aliphatic carbocycles. The molecule has 0 amide bonds. The van der Waals surface area contributed by atoms with Gasteiger partial charge in [-0.15, -0.1) is 0 Å². The van der Waals surface area contributed by atoms with Crippen molar-refractivity contribution in [2.45, 2.75) is 46.1 Å². The zero-order valence-electron chi connectivity index (χ0n) is 15.3. The Morgan fingerprint density at radius 2 is 1.88 bits per heavy atom. The number of benzene rings is 2. The van der Waals surface area contributed by atoms with Crippen molar-refractivity contribution in [2.24, 2.45) is 0 Å². The normalized spacial score (nSPS) is 12.0. The Balaban J connectivity index is 2.26. The van der Waals surface area contributed by atoms with Crippen LogP contribution in [-0.2, 0) is 11.2 Å². The third-order valence-electron chi connectivity index (χ3n) is 3.94. The second-order valence-electron chi connectivity index (χ2n) is 6.36. The summed E-state index contributed by atoms with van der Waals surface area (Å²) >= 11 is 0. The van der Waals surface area contributed by atoms with Crippen LogP contribution in [0, 0.1) is 6.92 Å². The van der Waals surface area contributed by atoms with E-state index < -0.39 is 11.9 Å². The summed E-state index contributed by atoms with van der Waals surface area (Å²) in [6.07, 6.45) is 0.498. The summed E-state index contributed by atoms with van der Waals surface area (Å²) in [6, 6.07) is 13.2. The third-order valence-corrected chi connectivity index (χ3v) is 3.94. The van der Waals surface area contributed by atoms with E-state index in [9.17, 15) is 9.90 Å². The number of carbonyl (C=O) groups is 1. The molecule has 0 heterocycles. The fourth-order valence-corrected chi connectivity index (χ4v) is 2.88. The van der Waals surface area contributed by atoms with Crippen LogP contribution < -0.4 is 9.47 Å². The Kier molecular flexibility index (Phi) is 6.45. The summed E-state index contributed by atoms with van der Waals surface area (Å²) < 4.78 is 11.2. The van der Waals surface area contributed by atoms with Gasteiger partial charge in [-0.2, -0.15) is 0 Å². The number of aryl methyl sites for hydroxylation is 1. The van der Waals surface area contributed by atoms with Gasteiger partial charge >= 0.3 is 5.97 Å². The van der Waals surface area contributed by atoms with Crippen LogP contribution >= 0.6 is 0 Å². The molecule has 0 spiro atoms. The van der Waals surface area contributed by atoms with Crippen LogP contribution in [0.1, 0.15) is 43.4 Å². The predicted molar refractivity (Wildman–Crippen MR) is 98.6 cm³/mol. The molecule has 2 aromatic rings. The third kappa shape index (κ3) is 5.24. The van der Waals surface area contributed by atoms with Crippen molar-refractivity contribution in [1.29, 1.82) is 0 Å². The number of hydrogen-bond acceptors (Lipinski definition) is 3. The first-order valence-corrected chi connectivity index (χ1v) is 8.62. The van der Waals surface area contributed by atoms with Crippen molar-refractivity contribution in [3.63, 3.8) is 0 Å². The van der Waals surface area contributed by atoms with Crippen molar-refractivity contribution >= 4 is 5.97 Å². The maximum absolute atomic E-state index is 11.9. The molecular formula is C21H26O4. The van der Waals surface area contributed by atoms with E-state index >= 15 is 0 Å². The van der Waals surface area contributed by atoms with Crippen LogP contribution in [0.15, 0.2) is 42.5 Å². The molecular weight excluding hydrogens is 316 g/mol. The van der Waals surface area contributed by atoms with Crippen molar-refractivity contribution in [3.05, 3.63) is 59.2 Å². The number of rotatable bonds is 8. The van der Waals surface area contributed by atoms with Crippen LogP contribution in [-0.4, -0.2) is 23.8 Å². The van der Waals surface area contributed by atoms with E-state index in [2.05, 4.69) is 0 Å². The van der Waals surface area contributed by atoms with Gasteiger partial charge in [-0.25, -0.2) is 0 Å². The van der Waals surface area contributed by atoms with Gasteiger partial charge in [-0.3, -0.25) is 4.79 Å². The minimum absolute atomic E-state index is 0.0823. The summed E-state index contributed by atoms with van der Waals surface area (Å²) in [5.74, 6) is 0.0905.